The van der Waals surface area contributed by atoms with Gasteiger partial charge in [0.25, 0.3) is 11.8 Å². The lowest BCUT2D eigenvalue weighted by Gasteiger charge is -2.20. The third-order valence-corrected chi connectivity index (χ3v) is 6.80. The van der Waals surface area contributed by atoms with Crippen LogP contribution < -0.4 is 10.6 Å². The lowest BCUT2D eigenvalue weighted by Crippen LogP contribution is -2.41. The zero-order valence-corrected chi connectivity index (χ0v) is 18.9. The van der Waals surface area contributed by atoms with Gasteiger partial charge in [-0.1, -0.05) is 24.3 Å². The predicted octanol–water partition coefficient (Wildman–Crippen LogP) is 3.27. The maximum absolute atomic E-state index is 13.5. The van der Waals surface area contributed by atoms with E-state index in [4.69, 9.17) is 0 Å². The van der Waals surface area contributed by atoms with Crippen molar-refractivity contribution in [3.05, 3.63) is 77.1 Å². The number of carbonyl (C=O) groups excluding carboxylic acids is 3. The molecule has 0 aliphatic carbocycles. The maximum atomic E-state index is 13.5. The van der Waals surface area contributed by atoms with Crippen LogP contribution in [-0.4, -0.2) is 45.8 Å². The Bertz CT molecular complexity index is 1290. The highest BCUT2D eigenvalue weighted by atomic mass is 16.2. The summed E-state index contributed by atoms with van der Waals surface area (Å²) in [4.78, 5) is 40.7. The molecule has 1 saturated heterocycles. The number of amides is 3. The van der Waals surface area contributed by atoms with Gasteiger partial charge in [-0.15, -0.1) is 0 Å². The Morgan fingerprint density at radius 2 is 1.88 bits per heavy atom. The van der Waals surface area contributed by atoms with Crippen LogP contribution in [0.1, 0.15) is 38.4 Å². The van der Waals surface area contributed by atoms with E-state index in [-0.39, 0.29) is 23.8 Å². The molecule has 5 rings (SSSR count). The molecule has 7 heteroatoms. The Kier molecular flexibility index (Phi) is 5.04. The molecule has 3 amide bonds. The van der Waals surface area contributed by atoms with Gasteiger partial charge < -0.3 is 20.1 Å². The van der Waals surface area contributed by atoms with Crippen molar-refractivity contribution in [2.45, 2.75) is 32.4 Å². The van der Waals surface area contributed by atoms with Crippen molar-refractivity contribution in [2.24, 2.45) is 7.05 Å². The Labute approximate surface area is 192 Å². The molecule has 0 spiro atoms. The maximum Gasteiger partial charge on any atom is 0.268 e. The van der Waals surface area contributed by atoms with Crippen molar-refractivity contribution in [2.75, 3.05) is 11.9 Å². The van der Waals surface area contributed by atoms with Gasteiger partial charge in [0.05, 0.1) is 11.3 Å². The second-order valence-electron chi connectivity index (χ2n) is 8.88. The van der Waals surface area contributed by atoms with Crippen LogP contribution in [0.15, 0.2) is 54.7 Å². The average Bonchev–Trinajstić information content (AvgIpc) is 3.39. The Morgan fingerprint density at radius 3 is 2.64 bits per heavy atom. The van der Waals surface area contributed by atoms with Gasteiger partial charge in [-0.3, -0.25) is 14.4 Å². The molecule has 0 saturated carbocycles. The highest BCUT2D eigenvalue weighted by molar-refractivity contribution is 6.11. The van der Waals surface area contributed by atoms with Crippen LogP contribution in [0, 0.1) is 13.8 Å². The van der Waals surface area contributed by atoms with E-state index in [1.165, 1.54) is 5.56 Å². The minimum atomic E-state index is -0.618. The number of carbonyl (C=O) groups is 3. The first-order valence-corrected chi connectivity index (χ1v) is 11.1. The van der Waals surface area contributed by atoms with Crippen molar-refractivity contribution < 1.29 is 14.4 Å². The van der Waals surface area contributed by atoms with E-state index in [0.717, 1.165) is 16.7 Å². The molecule has 2 atom stereocenters. The molecule has 2 N–H and O–H groups in total. The van der Waals surface area contributed by atoms with E-state index in [1.807, 2.05) is 24.3 Å². The fourth-order valence-corrected chi connectivity index (χ4v) is 4.80. The van der Waals surface area contributed by atoms with Crippen LogP contribution in [-0.2, 0) is 11.8 Å². The third-order valence-electron chi connectivity index (χ3n) is 6.80. The third kappa shape index (κ3) is 3.59. The number of benzene rings is 2. The van der Waals surface area contributed by atoms with Crippen molar-refractivity contribution >= 4 is 23.4 Å². The lowest BCUT2D eigenvalue weighted by molar-refractivity contribution is -0.119. The monoisotopic (exact) mass is 442 g/mol. The molecule has 0 bridgehead atoms. The van der Waals surface area contributed by atoms with Crippen LogP contribution in [0.4, 0.5) is 5.69 Å². The number of hydrogen-bond acceptors (Lipinski definition) is 3. The molecule has 1 aromatic heterocycles. The summed E-state index contributed by atoms with van der Waals surface area (Å²) in [6.45, 7) is 4.42. The molecular weight excluding hydrogens is 416 g/mol. The molecule has 2 aromatic carbocycles. The smallest absolute Gasteiger partial charge is 0.268 e. The lowest BCUT2D eigenvalue weighted by atomic mass is 9.95. The van der Waals surface area contributed by atoms with E-state index in [9.17, 15) is 14.4 Å². The number of hydrogen-bond donors (Lipinski definition) is 2. The summed E-state index contributed by atoms with van der Waals surface area (Å²) in [6.07, 6.45) is 2.18. The normalized spacial score (nSPS) is 19.5. The molecule has 7 nitrogen and oxygen atoms in total. The number of rotatable bonds is 3. The van der Waals surface area contributed by atoms with E-state index in [2.05, 4.69) is 30.5 Å². The van der Waals surface area contributed by atoms with Crippen LogP contribution in [0.3, 0.4) is 0 Å². The number of anilines is 1. The summed E-state index contributed by atoms with van der Waals surface area (Å²) < 4.78 is 1.74. The summed E-state index contributed by atoms with van der Waals surface area (Å²) >= 11 is 0. The van der Waals surface area contributed by atoms with Gasteiger partial charge in [0, 0.05) is 25.8 Å². The molecule has 33 heavy (non-hydrogen) atoms. The topological polar surface area (TPSA) is 83.4 Å². The first-order valence-electron chi connectivity index (χ1n) is 11.1. The molecule has 3 aromatic rings. The molecule has 0 radical (unpaired) electrons. The zero-order valence-electron chi connectivity index (χ0n) is 18.9. The van der Waals surface area contributed by atoms with Crippen molar-refractivity contribution in [3.63, 3.8) is 0 Å². The van der Waals surface area contributed by atoms with Crippen LogP contribution in [0.25, 0.3) is 11.1 Å². The van der Waals surface area contributed by atoms with Gasteiger partial charge in [-0.25, -0.2) is 0 Å². The van der Waals surface area contributed by atoms with Gasteiger partial charge in [0.2, 0.25) is 5.91 Å². The fraction of sp³-hybridized carbons (Fsp3) is 0.269. The van der Waals surface area contributed by atoms with Gasteiger partial charge in [-0.2, -0.15) is 0 Å². The van der Waals surface area contributed by atoms with E-state index >= 15 is 0 Å². The minimum Gasteiger partial charge on any atom is -0.347 e. The molecular formula is C26H26N4O3. The Hall–Kier alpha value is -3.87. The molecule has 1 fully saturated rings. The molecule has 3 heterocycles. The standard InChI is InChI=1S/C26H26N4O3/c1-15-6-4-7-19(16(15)2)17-9-10-21-20(12-17)26(33)30-14-18(13-23(30)25(32)28-21)27-24(31)22-8-5-11-29(22)3/h4-12,18,23H,13-14H2,1-3H3,(H,27,31)(H,28,32)/t18-,23-/m0/s1. The van der Waals surface area contributed by atoms with Crippen molar-refractivity contribution in [1.82, 2.24) is 14.8 Å². The minimum absolute atomic E-state index is 0.198. The summed E-state index contributed by atoms with van der Waals surface area (Å²) in [6, 6.07) is 14.3. The van der Waals surface area contributed by atoms with E-state index < -0.39 is 6.04 Å². The first-order chi connectivity index (χ1) is 15.8. The molecule has 168 valence electrons. The van der Waals surface area contributed by atoms with Gasteiger partial charge in [0.1, 0.15) is 11.7 Å². The van der Waals surface area contributed by atoms with E-state index in [0.29, 0.717) is 29.9 Å². The van der Waals surface area contributed by atoms with Crippen molar-refractivity contribution in [3.8, 4) is 11.1 Å². The average molecular weight is 443 g/mol. The van der Waals surface area contributed by atoms with Crippen LogP contribution >= 0.6 is 0 Å². The van der Waals surface area contributed by atoms with Crippen LogP contribution in [0.5, 0.6) is 0 Å². The van der Waals surface area contributed by atoms with E-state index in [1.54, 1.807) is 40.9 Å². The SMILES string of the molecule is Cc1cccc(-c2ccc3c(c2)C(=O)N2C[C@@H](NC(=O)c4cccn4C)C[C@H]2C(=O)N3)c1C. The number of nitrogens with zero attached hydrogens (tertiary/aromatic N) is 2. The Morgan fingerprint density at radius 1 is 1.06 bits per heavy atom. The number of aromatic nitrogens is 1. The zero-order chi connectivity index (χ0) is 23.3. The number of aryl methyl sites for hydroxylation is 2. The van der Waals surface area contributed by atoms with Gasteiger partial charge >= 0.3 is 0 Å². The van der Waals surface area contributed by atoms with Gasteiger partial charge in [-0.05, 0) is 66.8 Å². The van der Waals surface area contributed by atoms with Gasteiger partial charge in [0.15, 0.2) is 0 Å². The predicted molar refractivity (Wildman–Crippen MR) is 126 cm³/mol. The highest BCUT2D eigenvalue weighted by Crippen LogP contribution is 2.33. The Balaban J connectivity index is 1.43. The summed E-state index contributed by atoms with van der Waals surface area (Å²) in [5.41, 5.74) is 5.87. The number of fused-ring (bicyclic) bond motifs is 2. The molecule has 2 aliphatic rings. The van der Waals surface area contributed by atoms with Crippen LogP contribution in [0.2, 0.25) is 0 Å². The second kappa shape index (κ2) is 7.92. The second-order valence-corrected chi connectivity index (χ2v) is 8.88. The fourth-order valence-electron chi connectivity index (χ4n) is 4.80. The number of nitrogens with one attached hydrogen (secondary N) is 2. The summed E-state index contributed by atoms with van der Waals surface area (Å²) in [5, 5.41) is 5.90. The highest BCUT2D eigenvalue weighted by Gasteiger charge is 2.43. The summed E-state index contributed by atoms with van der Waals surface area (Å²) in [7, 11) is 1.80. The molecule has 0 unspecified atom stereocenters. The summed E-state index contributed by atoms with van der Waals surface area (Å²) in [5.74, 6) is -0.635. The first kappa shape index (κ1) is 21.0. The molecule has 2 aliphatic heterocycles. The quantitative estimate of drug-likeness (QED) is 0.653. The van der Waals surface area contributed by atoms with Crippen molar-refractivity contribution in [1.29, 1.82) is 0 Å². The largest absolute Gasteiger partial charge is 0.347 e.